The van der Waals surface area contributed by atoms with Gasteiger partial charge in [0.25, 0.3) is 5.91 Å². The number of hydrogen-bond acceptors (Lipinski definition) is 4. The number of rotatable bonds is 5. The van der Waals surface area contributed by atoms with Crippen molar-refractivity contribution in [1.82, 2.24) is 10.9 Å². The van der Waals surface area contributed by atoms with Crippen molar-refractivity contribution in [1.29, 1.82) is 0 Å². The number of nitrogens with one attached hydrogen (secondary N) is 2. The van der Waals surface area contributed by atoms with Gasteiger partial charge in [-0.05, 0) is 38.1 Å². The monoisotopic (exact) mass is 352 g/mol. The maximum Gasteiger partial charge on any atom is 0.417 e. The molecule has 2 atom stereocenters. The second-order valence-corrected chi connectivity index (χ2v) is 5.20. The first-order valence-electron chi connectivity index (χ1n) is 6.72. The molecule has 0 aromatic heterocycles. The van der Waals surface area contributed by atoms with E-state index in [0.717, 1.165) is 12.1 Å². The largest absolute Gasteiger partial charge is 0.481 e. The molecule has 0 unspecified atom stereocenters. The number of alkyl halides is 3. The van der Waals surface area contributed by atoms with Crippen molar-refractivity contribution in [2.24, 2.45) is 0 Å². The molecule has 0 saturated carbocycles. The van der Waals surface area contributed by atoms with Gasteiger partial charge in [-0.2, -0.15) is 13.2 Å². The summed E-state index contributed by atoms with van der Waals surface area (Å²) in [5, 5.41) is 9.16. The van der Waals surface area contributed by atoms with Gasteiger partial charge in [-0.15, -0.1) is 0 Å². The van der Waals surface area contributed by atoms with Crippen LogP contribution in [-0.4, -0.2) is 34.8 Å². The van der Waals surface area contributed by atoms with Crippen LogP contribution in [0.4, 0.5) is 17.6 Å². The fourth-order valence-electron chi connectivity index (χ4n) is 1.46. The molecule has 0 bridgehead atoms. The Morgan fingerprint density at radius 1 is 1.21 bits per heavy atom. The first-order chi connectivity index (χ1) is 10.9. The molecule has 6 nitrogen and oxygen atoms in total. The summed E-state index contributed by atoms with van der Waals surface area (Å²) in [6, 6.07) is 4.78. The Labute approximate surface area is 134 Å². The van der Waals surface area contributed by atoms with Crippen LogP contribution in [-0.2, 0) is 9.59 Å². The van der Waals surface area contributed by atoms with Gasteiger partial charge in [-0.3, -0.25) is 20.4 Å². The molecule has 0 fully saturated rings. The molecule has 0 radical (unpaired) electrons. The maximum absolute atomic E-state index is 12.7. The lowest BCUT2D eigenvalue weighted by Crippen LogP contribution is -2.51. The van der Waals surface area contributed by atoms with Crippen LogP contribution in [0.2, 0.25) is 0 Å². The van der Waals surface area contributed by atoms with E-state index < -0.39 is 41.9 Å². The number of aliphatic hydroxyl groups is 1. The Morgan fingerprint density at radius 3 is 2.25 bits per heavy atom. The van der Waals surface area contributed by atoms with Gasteiger partial charge in [0.1, 0.15) is 11.6 Å². The summed E-state index contributed by atoms with van der Waals surface area (Å²) in [7, 11) is 0. The molecule has 0 aliphatic carbocycles. The van der Waals surface area contributed by atoms with Crippen molar-refractivity contribution in [2.75, 3.05) is 0 Å². The molecule has 134 valence electrons. The minimum absolute atomic E-state index is 0.186. The van der Waals surface area contributed by atoms with Crippen LogP contribution in [0, 0.1) is 5.82 Å². The van der Waals surface area contributed by atoms with Gasteiger partial charge in [0, 0.05) is 0 Å². The predicted molar refractivity (Wildman–Crippen MR) is 74.1 cm³/mol. The van der Waals surface area contributed by atoms with E-state index >= 15 is 0 Å². The number of halogens is 4. The zero-order valence-electron chi connectivity index (χ0n) is 12.8. The third-order valence-electron chi connectivity index (χ3n) is 2.94. The Balaban J connectivity index is 2.47. The summed E-state index contributed by atoms with van der Waals surface area (Å²) in [6.07, 6.45) is -7.39. The first-order valence-corrected chi connectivity index (χ1v) is 6.72. The second-order valence-electron chi connectivity index (χ2n) is 5.20. The van der Waals surface area contributed by atoms with Crippen LogP contribution in [0.5, 0.6) is 5.75 Å². The highest BCUT2D eigenvalue weighted by Crippen LogP contribution is 2.32. The van der Waals surface area contributed by atoms with Gasteiger partial charge in [0.2, 0.25) is 5.91 Å². The first kappa shape index (κ1) is 19.7. The summed E-state index contributed by atoms with van der Waals surface area (Å²) < 4.78 is 55.2. The highest BCUT2D eigenvalue weighted by Gasteiger charge is 2.51. The average Bonchev–Trinajstić information content (AvgIpc) is 2.45. The Hall–Kier alpha value is -2.36. The molecule has 0 saturated heterocycles. The van der Waals surface area contributed by atoms with Crippen LogP contribution in [0.15, 0.2) is 24.3 Å². The summed E-state index contributed by atoms with van der Waals surface area (Å²) in [5.41, 5.74) is 0.396. The van der Waals surface area contributed by atoms with Crippen LogP contribution >= 0.6 is 0 Å². The van der Waals surface area contributed by atoms with E-state index in [9.17, 15) is 27.2 Å². The molecule has 1 aromatic carbocycles. The highest BCUT2D eigenvalue weighted by atomic mass is 19.4. The van der Waals surface area contributed by atoms with Crippen molar-refractivity contribution in [3.05, 3.63) is 30.1 Å². The standard InChI is InChI=1S/C14H16F4N2O4/c1-8(24-10-5-3-9(15)4-6-10)12(22)20-19-11(21)7-13(2,23)14(16,17)18/h3-6,8,23H,7H2,1-2H3,(H,19,21)(H,20,22)/t8-,13-/m0/s1. The fraction of sp³-hybridized carbons (Fsp3) is 0.429. The maximum atomic E-state index is 12.7. The van der Waals surface area contributed by atoms with Gasteiger partial charge in [0.15, 0.2) is 11.7 Å². The van der Waals surface area contributed by atoms with E-state index in [1.807, 2.05) is 5.43 Å². The van der Waals surface area contributed by atoms with E-state index in [1.165, 1.54) is 19.1 Å². The third kappa shape index (κ3) is 5.69. The fourth-order valence-corrected chi connectivity index (χ4v) is 1.46. The summed E-state index contributed by atoms with van der Waals surface area (Å²) in [4.78, 5) is 23.0. The van der Waals surface area contributed by atoms with E-state index in [4.69, 9.17) is 9.84 Å². The predicted octanol–water partition coefficient (Wildman–Crippen LogP) is 1.44. The van der Waals surface area contributed by atoms with Gasteiger partial charge >= 0.3 is 6.18 Å². The van der Waals surface area contributed by atoms with E-state index in [1.54, 1.807) is 5.43 Å². The van der Waals surface area contributed by atoms with Crippen molar-refractivity contribution in [3.63, 3.8) is 0 Å². The van der Waals surface area contributed by atoms with E-state index in [2.05, 4.69) is 0 Å². The van der Waals surface area contributed by atoms with Crippen LogP contribution in [0.25, 0.3) is 0 Å². The zero-order chi connectivity index (χ0) is 18.5. The Kier molecular flexibility index (Phi) is 6.13. The average molecular weight is 352 g/mol. The number of hydrogen-bond donors (Lipinski definition) is 3. The molecule has 1 aromatic rings. The van der Waals surface area contributed by atoms with Gasteiger partial charge in [0.05, 0.1) is 6.42 Å². The molecule has 2 amide bonds. The van der Waals surface area contributed by atoms with Crippen LogP contribution in [0.1, 0.15) is 20.3 Å². The Morgan fingerprint density at radius 2 is 1.75 bits per heavy atom. The summed E-state index contributed by atoms with van der Waals surface area (Å²) >= 11 is 0. The molecule has 24 heavy (non-hydrogen) atoms. The normalized spacial score (nSPS) is 15.1. The van der Waals surface area contributed by atoms with Gasteiger partial charge < -0.3 is 9.84 Å². The lowest BCUT2D eigenvalue weighted by Gasteiger charge is -2.25. The lowest BCUT2D eigenvalue weighted by molar-refractivity contribution is -0.253. The smallest absolute Gasteiger partial charge is 0.417 e. The molecule has 3 N–H and O–H groups in total. The Bertz CT molecular complexity index is 587. The molecule has 0 aliphatic heterocycles. The molecule has 0 aliphatic rings. The number of carbonyl (C=O) groups is 2. The molecule has 10 heteroatoms. The van der Waals surface area contributed by atoms with Crippen LogP contribution < -0.4 is 15.6 Å². The van der Waals surface area contributed by atoms with Gasteiger partial charge in [-0.1, -0.05) is 0 Å². The molecule has 1 rings (SSSR count). The van der Waals surface area contributed by atoms with Crippen LogP contribution in [0.3, 0.4) is 0 Å². The minimum atomic E-state index is -4.99. The zero-order valence-corrected chi connectivity index (χ0v) is 12.8. The lowest BCUT2D eigenvalue weighted by atomic mass is 10.0. The molecular weight excluding hydrogens is 336 g/mol. The second kappa shape index (κ2) is 7.47. The third-order valence-corrected chi connectivity index (χ3v) is 2.94. The minimum Gasteiger partial charge on any atom is -0.481 e. The number of benzene rings is 1. The topological polar surface area (TPSA) is 87.7 Å². The van der Waals surface area contributed by atoms with Crippen molar-refractivity contribution in [2.45, 2.75) is 38.1 Å². The molecular formula is C14H16F4N2O4. The van der Waals surface area contributed by atoms with E-state index in [-0.39, 0.29) is 5.75 Å². The van der Waals surface area contributed by atoms with Gasteiger partial charge in [-0.25, -0.2) is 4.39 Å². The molecule has 0 spiro atoms. The van der Waals surface area contributed by atoms with Crippen molar-refractivity contribution >= 4 is 11.8 Å². The highest BCUT2D eigenvalue weighted by molar-refractivity contribution is 5.84. The summed E-state index contributed by atoms with van der Waals surface area (Å²) in [5.74, 6) is -2.40. The number of hydrazine groups is 1. The molecule has 0 heterocycles. The number of amides is 2. The van der Waals surface area contributed by atoms with Crippen molar-refractivity contribution < 1.29 is 37.0 Å². The van der Waals surface area contributed by atoms with E-state index in [0.29, 0.717) is 6.92 Å². The summed E-state index contributed by atoms with van der Waals surface area (Å²) in [6.45, 7) is 1.76. The number of carbonyl (C=O) groups excluding carboxylic acids is 2. The SMILES string of the molecule is C[C@H](Oc1ccc(F)cc1)C(=O)NNC(=O)C[C@](C)(O)C(F)(F)F. The quantitative estimate of drug-likeness (QED) is 0.553. The van der Waals surface area contributed by atoms with Crippen molar-refractivity contribution in [3.8, 4) is 5.75 Å². The number of ether oxygens (including phenoxy) is 1.